The van der Waals surface area contributed by atoms with Gasteiger partial charge < -0.3 is 20.1 Å². The minimum absolute atomic E-state index is 0. The van der Waals surface area contributed by atoms with E-state index in [4.69, 9.17) is 15.2 Å². The second kappa shape index (κ2) is 8.99. The van der Waals surface area contributed by atoms with E-state index >= 15 is 0 Å². The zero-order valence-corrected chi connectivity index (χ0v) is 14.9. The highest BCUT2D eigenvalue weighted by Crippen LogP contribution is 2.32. The monoisotopic (exact) mass is 342 g/mol. The van der Waals surface area contributed by atoms with Crippen LogP contribution >= 0.6 is 12.4 Å². The molecule has 0 aromatic heterocycles. The third kappa shape index (κ3) is 4.75. The van der Waals surface area contributed by atoms with Crippen molar-refractivity contribution in [2.24, 2.45) is 17.6 Å². The Bertz CT molecular complexity index is 502. The van der Waals surface area contributed by atoms with Crippen LogP contribution < -0.4 is 15.2 Å². The number of halogens is 1. The maximum Gasteiger partial charge on any atom is 0.226 e. The lowest BCUT2D eigenvalue weighted by Gasteiger charge is -2.25. The molecule has 1 fully saturated rings. The molecular weight excluding hydrogens is 316 g/mol. The summed E-state index contributed by atoms with van der Waals surface area (Å²) in [5.41, 5.74) is 6.78. The van der Waals surface area contributed by atoms with Crippen LogP contribution in [0.4, 0.5) is 0 Å². The van der Waals surface area contributed by atoms with E-state index in [2.05, 4.69) is 0 Å². The van der Waals surface area contributed by atoms with Gasteiger partial charge in [-0.15, -0.1) is 12.4 Å². The number of nitrogens with two attached hydrogens (primary N) is 1. The van der Waals surface area contributed by atoms with E-state index in [1.165, 1.54) is 0 Å². The van der Waals surface area contributed by atoms with Crippen molar-refractivity contribution in [3.05, 3.63) is 23.8 Å². The SMILES string of the molecule is COc1cc(CN(C)C(=O)[C@@H]2CCC[C@@H]2CN)cc(OC)c1.Cl. The molecule has 5 nitrogen and oxygen atoms in total. The van der Waals surface area contributed by atoms with Gasteiger partial charge in [0.25, 0.3) is 0 Å². The molecule has 23 heavy (non-hydrogen) atoms. The lowest BCUT2D eigenvalue weighted by atomic mass is 9.95. The number of amides is 1. The summed E-state index contributed by atoms with van der Waals surface area (Å²) in [6.45, 7) is 1.14. The standard InChI is InChI=1S/C17H26N2O3.ClH/c1-19(17(20)16-6-4-5-13(16)10-18)11-12-7-14(21-2)9-15(8-12)22-3;/h7-9,13,16H,4-6,10-11,18H2,1-3H3;1H/t13-,16-;/m1./s1. The second-order valence-corrected chi connectivity index (χ2v) is 5.95. The van der Waals surface area contributed by atoms with Gasteiger partial charge in [-0.1, -0.05) is 6.42 Å². The second-order valence-electron chi connectivity index (χ2n) is 5.95. The van der Waals surface area contributed by atoms with Crippen LogP contribution in [0.15, 0.2) is 18.2 Å². The van der Waals surface area contributed by atoms with Gasteiger partial charge in [-0.2, -0.15) is 0 Å². The summed E-state index contributed by atoms with van der Waals surface area (Å²) in [5.74, 6) is 2.05. The molecule has 2 atom stereocenters. The van der Waals surface area contributed by atoms with E-state index in [1.54, 1.807) is 19.1 Å². The van der Waals surface area contributed by atoms with Gasteiger partial charge in [0.1, 0.15) is 11.5 Å². The highest BCUT2D eigenvalue weighted by molar-refractivity contribution is 5.85. The summed E-state index contributed by atoms with van der Waals surface area (Å²) in [4.78, 5) is 14.4. The fourth-order valence-electron chi connectivity index (χ4n) is 3.24. The van der Waals surface area contributed by atoms with Crippen molar-refractivity contribution in [2.75, 3.05) is 27.8 Å². The molecule has 1 aliphatic rings. The Morgan fingerprint density at radius 2 is 1.83 bits per heavy atom. The minimum atomic E-state index is 0. The first-order valence-electron chi connectivity index (χ1n) is 7.76. The molecule has 0 aliphatic heterocycles. The van der Waals surface area contributed by atoms with Crippen molar-refractivity contribution >= 4 is 18.3 Å². The smallest absolute Gasteiger partial charge is 0.226 e. The van der Waals surface area contributed by atoms with Crippen LogP contribution in [0.5, 0.6) is 11.5 Å². The summed E-state index contributed by atoms with van der Waals surface area (Å²) in [6.07, 6.45) is 3.11. The first-order chi connectivity index (χ1) is 10.6. The van der Waals surface area contributed by atoms with E-state index in [0.717, 1.165) is 36.3 Å². The summed E-state index contributed by atoms with van der Waals surface area (Å²) in [7, 11) is 5.09. The van der Waals surface area contributed by atoms with Gasteiger partial charge in [-0.3, -0.25) is 4.79 Å². The maximum absolute atomic E-state index is 12.6. The molecule has 1 aromatic rings. The van der Waals surface area contributed by atoms with Crippen LogP contribution in [-0.4, -0.2) is 38.6 Å². The molecular formula is C17H27ClN2O3. The predicted molar refractivity (Wildman–Crippen MR) is 93.2 cm³/mol. The number of rotatable bonds is 6. The van der Waals surface area contributed by atoms with E-state index in [1.807, 2.05) is 25.2 Å². The van der Waals surface area contributed by atoms with Crippen LogP contribution in [0.1, 0.15) is 24.8 Å². The largest absolute Gasteiger partial charge is 0.497 e. The van der Waals surface area contributed by atoms with Gasteiger partial charge in [0.2, 0.25) is 5.91 Å². The van der Waals surface area contributed by atoms with Gasteiger partial charge in [-0.25, -0.2) is 0 Å². The molecule has 0 unspecified atom stereocenters. The van der Waals surface area contributed by atoms with Crippen molar-refractivity contribution in [3.63, 3.8) is 0 Å². The van der Waals surface area contributed by atoms with Crippen molar-refractivity contribution < 1.29 is 14.3 Å². The number of methoxy groups -OCH3 is 2. The third-order valence-electron chi connectivity index (χ3n) is 4.49. The van der Waals surface area contributed by atoms with Gasteiger partial charge >= 0.3 is 0 Å². The van der Waals surface area contributed by atoms with Crippen LogP contribution in [0.25, 0.3) is 0 Å². The molecule has 0 spiro atoms. The zero-order valence-electron chi connectivity index (χ0n) is 14.1. The van der Waals surface area contributed by atoms with E-state index in [-0.39, 0.29) is 24.2 Å². The highest BCUT2D eigenvalue weighted by atomic mass is 35.5. The van der Waals surface area contributed by atoms with E-state index < -0.39 is 0 Å². The van der Waals surface area contributed by atoms with Crippen molar-refractivity contribution in [3.8, 4) is 11.5 Å². The molecule has 0 radical (unpaired) electrons. The van der Waals surface area contributed by atoms with Crippen LogP contribution in [-0.2, 0) is 11.3 Å². The average molecular weight is 343 g/mol. The lowest BCUT2D eigenvalue weighted by Crippen LogP contribution is -2.36. The average Bonchev–Trinajstić information content (AvgIpc) is 3.02. The normalized spacial score (nSPS) is 19.8. The van der Waals surface area contributed by atoms with Crippen LogP contribution in [0.3, 0.4) is 0 Å². The Hall–Kier alpha value is -1.46. The number of hydrogen-bond acceptors (Lipinski definition) is 4. The number of carbonyl (C=O) groups is 1. The number of benzene rings is 1. The lowest BCUT2D eigenvalue weighted by molar-refractivity contribution is -0.135. The summed E-state index contributed by atoms with van der Waals surface area (Å²) >= 11 is 0. The number of carbonyl (C=O) groups excluding carboxylic acids is 1. The fraction of sp³-hybridized carbons (Fsp3) is 0.588. The molecule has 2 N–H and O–H groups in total. The van der Waals surface area contributed by atoms with Gasteiger partial charge in [0, 0.05) is 25.6 Å². The molecule has 0 bridgehead atoms. The molecule has 0 heterocycles. The highest BCUT2D eigenvalue weighted by Gasteiger charge is 2.33. The van der Waals surface area contributed by atoms with Gasteiger partial charge in [-0.05, 0) is 43.0 Å². The first kappa shape index (κ1) is 19.6. The minimum Gasteiger partial charge on any atom is -0.497 e. The number of hydrogen-bond donors (Lipinski definition) is 1. The first-order valence-corrected chi connectivity index (χ1v) is 7.76. The van der Waals surface area contributed by atoms with E-state index in [0.29, 0.717) is 19.0 Å². The van der Waals surface area contributed by atoms with Crippen molar-refractivity contribution in [1.82, 2.24) is 4.90 Å². The maximum atomic E-state index is 12.6. The summed E-state index contributed by atoms with van der Waals surface area (Å²) in [5, 5.41) is 0. The number of nitrogens with zero attached hydrogens (tertiary/aromatic N) is 1. The van der Waals surface area contributed by atoms with Gasteiger partial charge in [0.05, 0.1) is 14.2 Å². The molecule has 1 saturated carbocycles. The summed E-state index contributed by atoms with van der Waals surface area (Å²) < 4.78 is 10.5. The van der Waals surface area contributed by atoms with Crippen LogP contribution in [0.2, 0.25) is 0 Å². The molecule has 1 aliphatic carbocycles. The molecule has 0 saturated heterocycles. The molecule has 6 heteroatoms. The molecule has 1 amide bonds. The predicted octanol–water partition coefficient (Wildman–Crippen LogP) is 2.46. The van der Waals surface area contributed by atoms with Crippen molar-refractivity contribution in [1.29, 1.82) is 0 Å². The molecule has 2 rings (SSSR count). The van der Waals surface area contributed by atoms with Crippen molar-refractivity contribution in [2.45, 2.75) is 25.8 Å². The fourth-order valence-corrected chi connectivity index (χ4v) is 3.24. The Labute approximate surface area is 144 Å². The molecule has 1 aromatic carbocycles. The summed E-state index contributed by atoms with van der Waals surface area (Å²) in [6, 6.07) is 5.69. The Kier molecular flexibility index (Phi) is 7.65. The zero-order chi connectivity index (χ0) is 16.1. The Morgan fingerprint density at radius 1 is 1.22 bits per heavy atom. The third-order valence-corrected chi connectivity index (χ3v) is 4.49. The number of ether oxygens (including phenoxy) is 2. The topological polar surface area (TPSA) is 64.8 Å². The quantitative estimate of drug-likeness (QED) is 0.862. The Morgan fingerprint density at radius 3 is 2.35 bits per heavy atom. The Balaban J connectivity index is 0.00000264. The van der Waals surface area contributed by atoms with Gasteiger partial charge in [0.15, 0.2) is 0 Å². The van der Waals surface area contributed by atoms with Crippen LogP contribution in [0, 0.1) is 11.8 Å². The van der Waals surface area contributed by atoms with E-state index in [9.17, 15) is 4.79 Å². The molecule has 130 valence electrons.